The lowest BCUT2D eigenvalue weighted by atomic mass is 10.1. The second-order valence-electron chi connectivity index (χ2n) is 6.89. The zero-order chi connectivity index (χ0) is 20.8. The molecule has 0 spiro atoms. The van der Waals surface area contributed by atoms with E-state index in [0.29, 0.717) is 28.6 Å². The van der Waals surface area contributed by atoms with E-state index in [9.17, 15) is 14.4 Å². The van der Waals surface area contributed by atoms with Gasteiger partial charge in [-0.15, -0.1) is 0 Å². The molecule has 152 valence electrons. The van der Waals surface area contributed by atoms with Crippen molar-refractivity contribution in [2.24, 2.45) is 0 Å². The average Bonchev–Trinajstić information content (AvgIpc) is 2.95. The predicted molar refractivity (Wildman–Crippen MR) is 109 cm³/mol. The van der Waals surface area contributed by atoms with Crippen LogP contribution in [-0.4, -0.2) is 30.4 Å². The molecule has 0 saturated carbocycles. The third-order valence-electron chi connectivity index (χ3n) is 4.39. The number of nitrogens with zero attached hydrogens (tertiary/aromatic N) is 1. The maximum absolute atomic E-state index is 12.6. The molecule has 1 aromatic rings. The highest BCUT2D eigenvalue weighted by molar-refractivity contribution is 6.34. The molecule has 3 amide bonds. The van der Waals surface area contributed by atoms with Gasteiger partial charge in [-0.2, -0.15) is 0 Å². The minimum Gasteiger partial charge on any atom is -0.373 e. The van der Waals surface area contributed by atoms with Gasteiger partial charge in [0.25, 0.3) is 11.8 Å². The van der Waals surface area contributed by atoms with E-state index in [1.807, 2.05) is 20.8 Å². The highest BCUT2D eigenvalue weighted by Gasteiger charge is 2.35. The van der Waals surface area contributed by atoms with Crippen LogP contribution in [0.25, 0.3) is 0 Å². The molecule has 28 heavy (non-hydrogen) atoms. The van der Waals surface area contributed by atoms with Crippen LogP contribution in [0.15, 0.2) is 29.3 Å². The number of nitrogens with one attached hydrogen (secondary N) is 2. The molecular formula is C20H26ClN3O4. The fraction of sp³-hybridized carbons (Fsp3) is 0.450. The minimum atomic E-state index is -0.632. The van der Waals surface area contributed by atoms with Gasteiger partial charge in [-0.1, -0.05) is 30.5 Å². The molecule has 8 heteroatoms. The Hall–Kier alpha value is -2.38. The Labute approximate surface area is 170 Å². The van der Waals surface area contributed by atoms with Crippen LogP contribution in [0.2, 0.25) is 5.02 Å². The van der Waals surface area contributed by atoms with E-state index in [1.54, 1.807) is 25.1 Å². The molecule has 7 nitrogen and oxygen atoms in total. The number of amides is 3. The summed E-state index contributed by atoms with van der Waals surface area (Å²) in [7, 11) is 0. The van der Waals surface area contributed by atoms with Crippen LogP contribution in [0.3, 0.4) is 0 Å². The largest absolute Gasteiger partial charge is 0.373 e. The lowest BCUT2D eigenvalue weighted by molar-refractivity contribution is -0.134. The van der Waals surface area contributed by atoms with Gasteiger partial charge in [0.1, 0.15) is 6.04 Å². The van der Waals surface area contributed by atoms with Crippen LogP contribution >= 0.6 is 11.6 Å². The number of hydrogen-bond donors (Lipinski definition) is 2. The number of unbranched alkanes of at least 4 members (excludes halogenated alkanes) is 1. The van der Waals surface area contributed by atoms with E-state index >= 15 is 0 Å². The Bertz CT molecular complexity index is 803. The Morgan fingerprint density at radius 3 is 2.64 bits per heavy atom. The quantitative estimate of drug-likeness (QED) is 0.297. The number of anilines is 2. The summed E-state index contributed by atoms with van der Waals surface area (Å²) in [6.07, 6.45) is 1.90. The summed E-state index contributed by atoms with van der Waals surface area (Å²) in [5.41, 5.74) is 4.57. The first-order chi connectivity index (χ1) is 13.3. The number of halogens is 1. The van der Waals surface area contributed by atoms with Gasteiger partial charge < -0.3 is 5.32 Å². The molecule has 1 atom stereocenters. The lowest BCUT2D eigenvalue weighted by Gasteiger charge is -2.19. The van der Waals surface area contributed by atoms with Crippen molar-refractivity contribution in [1.29, 1.82) is 0 Å². The minimum absolute atomic E-state index is 0.0838. The number of hydrogen-bond acceptors (Lipinski definition) is 5. The number of benzene rings is 1. The molecule has 1 aromatic carbocycles. The number of hydroxylamine groups is 1. The van der Waals surface area contributed by atoms with Crippen molar-refractivity contribution in [3.8, 4) is 0 Å². The van der Waals surface area contributed by atoms with E-state index in [1.165, 1.54) is 0 Å². The fourth-order valence-electron chi connectivity index (χ4n) is 2.69. The molecule has 1 aliphatic rings. The Morgan fingerprint density at radius 2 is 2.04 bits per heavy atom. The smallest absolute Gasteiger partial charge is 0.265 e. The summed E-state index contributed by atoms with van der Waals surface area (Å²) in [5.74, 6) is -0.962. The van der Waals surface area contributed by atoms with Crippen molar-refractivity contribution in [2.75, 3.05) is 16.8 Å². The SMILES string of the molecule is CCCCONC(=O)C(C)Nc1cc(N2C(=O)CC(=C(C)C)C2=O)ccc1Cl. The highest BCUT2D eigenvalue weighted by atomic mass is 35.5. The van der Waals surface area contributed by atoms with Crippen molar-refractivity contribution in [3.05, 3.63) is 34.4 Å². The van der Waals surface area contributed by atoms with Crippen molar-refractivity contribution >= 4 is 40.7 Å². The number of carbonyl (C=O) groups is 3. The Kier molecular flexibility index (Phi) is 7.60. The average molecular weight is 408 g/mol. The Balaban J connectivity index is 2.13. The van der Waals surface area contributed by atoms with Crippen molar-refractivity contribution in [3.63, 3.8) is 0 Å². The summed E-state index contributed by atoms with van der Waals surface area (Å²) in [5, 5.41) is 3.37. The van der Waals surface area contributed by atoms with Crippen LogP contribution in [0.4, 0.5) is 11.4 Å². The number of rotatable bonds is 8. The van der Waals surface area contributed by atoms with Crippen LogP contribution in [0.5, 0.6) is 0 Å². The first-order valence-electron chi connectivity index (χ1n) is 9.27. The first kappa shape index (κ1) is 21.9. The molecule has 2 rings (SSSR count). The fourth-order valence-corrected chi connectivity index (χ4v) is 2.87. The van der Waals surface area contributed by atoms with Gasteiger partial charge in [0.15, 0.2) is 0 Å². The standard InChI is InChI=1S/C20H26ClN3O4/c1-5-6-9-28-23-19(26)13(4)22-17-10-14(7-8-16(17)21)24-18(25)11-15(12(2)3)20(24)27/h7-8,10,13,22H,5-6,9,11H2,1-4H3,(H,23,26). The van der Waals surface area contributed by atoms with Gasteiger partial charge in [0.05, 0.1) is 29.4 Å². The van der Waals surface area contributed by atoms with Crippen molar-refractivity contribution < 1.29 is 19.2 Å². The second kappa shape index (κ2) is 9.71. The van der Waals surface area contributed by atoms with E-state index in [4.69, 9.17) is 16.4 Å². The number of allylic oxidation sites excluding steroid dienone is 1. The Morgan fingerprint density at radius 1 is 1.32 bits per heavy atom. The summed E-state index contributed by atoms with van der Waals surface area (Å²) in [4.78, 5) is 43.3. The van der Waals surface area contributed by atoms with Crippen molar-refractivity contribution in [2.45, 2.75) is 53.0 Å². The van der Waals surface area contributed by atoms with Crippen molar-refractivity contribution in [1.82, 2.24) is 5.48 Å². The topological polar surface area (TPSA) is 87.7 Å². The van der Waals surface area contributed by atoms with Crippen LogP contribution in [0.1, 0.15) is 47.0 Å². The zero-order valence-electron chi connectivity index (χ0n) is 16.6. The predicted octanol–water partition coefficient (Wildman–Crippen LogP) is 3.59. The van der Waals surface area contributed by atoms with Gasteiger partial charge in [0, 0.05) is 5.57 Å². The van der Waals surface area contributed by atoms with Gasteiger partial charge in [-0.25, -0.2) is 10.4 Å². The van der Waals surface area contributed by atoms with E-state index in [2.05, 4.69) is 10.8 Å². The molecule has 0 aliphatic carbocycles. The summed E-state index contributed by atoms with van der Waals surface area (Å²) >= 11 is 6.23. The van der Waals surface area contributed by atoms with Crippen LogP contribution in [-0.2, 0) is 19.2 Å². The van der Waals surface area contributed by atoms with Gasteiger partial charge >= 0.3 is 0 Å². The molecule has 1 unspecified atom stereocenters. The normalized spacial score (nSPS) is 15.0. The maximum atomic E-state index is 12.6. The molecule has 0 bridgehead atoms. The van der Waals surface area contributed by atoms with Crippen LogP contribution in [0, 0.1) is 0 Å². The molecule has 0 aromatic heterocycles. The van der Waals surface area contributed by atoms with Crippen LogP contribution < -0.4 is 15.7 Å². The summed E-state index contributed by atoms with van der Waals surface area (Å²) in [6, 6.07) is 4.15. The molecule has 0 radical (unpaired) electrons. The molecule has 1 heterocycles. The monoisotopic (exact) mass is 407 g/mol. The van der Waals surface area contributed by atoms with E-state index < -0.39 is 6.04 Å². The van der Waals surface area contributed by atoms with Gasteiger partial charge in [-0.05, 0) is 45.4 Å². The highest BCUT2D eigenvalue weighted by Crippen LogP contribution is 2.33. The molecular weight excluding hydrogens is 382 g/mol. The molecule has 1 saturated heterocycles. The molecule has 1 aliphatic heterocycles. The maximum Gasteiger partial charge on any atom is 0.265 e. The van der Waals surface area contributed by atoms with E-state index in [0.717, 1.165) is 23.3 Å². The third-order valence-corrected chi connectivity index (χ3v) is 4.72. The zero-order valence-corrected chi connectivity index (χ0v) is 17.4. The summed E-state index contributed by atoms with van der Waals surface area (Å²) in [6.45, 7) is 7.75. The second-order valence-corrected chi connectivity index (χ2v) is 7.30. The summed E-state index contributed by atoms with van der Waals surface area (Å²) < 4.78 is 0. The molecule has 2 N–H and O–H groups in total. The molecule has 1 fully saturated rings. The third kappa shape index (κ3) is 5.11. The number of carbonyl (C=O) groups excluding carboxylic acids is 3. The van der Waals surface area contributed by atoms with Gasteiger partial charge in [-0.3, -0.25) is 19.2 Å². The number of imide groups is 1. The lowest BCUT2D eigenvalue weighted by Crippen LogP contribution is -2.38. The van der Waals surface area contributed by atoms with E-state index in [-0.39, 0.29) is 24.1 Å². The first-order valence-corrected chi connectivity index (χ1v) is 9.65. The van der Waals surface area contributed by atoms with Gasteiger partial charge in [0.2, 0.25) is 5.91 Å².